The van der Waals surface area contributed by atoms with Crippen LogP contribution in [0.5, 0.6) is 11.5 Å². The van der Waals surface area contributed by atoms with Gasteiger partial charge >= 0.3 is 6.03 Å². The van der Waals surface area contributed by atoms with E-state index in [-0.39, 0.29) is 12.1 Å². The Morgan fingerprint density at radius 3 is 2.53 bits per heavy atom. The highest BCUT2D eigenvalue weighted by Crippen LogP contribution is 2.33. The van der Waals surface area contributed by atoms with Gasteiger partial charge < -0.3 is 24.2 Å². The van der Waals surface area contributed by atoms with Gasteiger partial charge in [-0.2, -0.15) is 4.98 Å². The smallest absolute Gasteiger partial charge is 0.322 e. The lowest BCUT2D eigenvalue weighted by atomic mass is 10.2. The number of aromatic nitrogens is 2. The van der Waals surface area contributed by atoms with E-state index in [0.717, 1.165) is 22.9 Å². The van der Waals surface area contributed by atoms with Crippen molar-refractivity contribution in [1.29, 1.82) is 0 Å². The average Bonchev–Trinajstić information content (AvgIpc) is 3.43. The van der Waals surface area contributed by atoms with Crippen LogP contribution in [0.1, 0.15) is 24.8 Å². The molecular formula is C21H21BrN4O4. The molecule has 2 aromatic carbocycles. The van der Waals surface area contributed by atoms with E-state index >= 15 is 0 Å². The van der Waals surface area contributed by atoms with Gasteiger partial charge in [-0.15, -0.1) is 0 Å². The molecule has 1 saturated heterocycles. The number of carbonyl (C=O) groups excluding carboxylic acids is 1. The van der Waals surface area contributed by atoms with Gasteiger partial charge in [0.1, 0.15) is 17.5 Å². The number of nitrogens with zero attached hydrogens (tertiary/aromatic N) is 3. The second-order valence-corrected chi connectivity index (χ2v) is 7.76. The van der Waals surface area contributed by atoms with Crippen molar-refractivity contribution in [3.05, 3.63) is 52.8 Å². The van der Waals surface area contributed by atoms with E-state index in [1.807, 2.05) is 24.3 Å². The van der Waals surface area contributed by atoms with Crippen molar-refractivity contribution in [1.82, 2.24) is 15.0 Å². The molecule has 30 heavy (non-hydrogen) atoms. The van der Waals surface area contributed by atoms with Crippen molar-refractivity contribution in [3.63, 3.8) is 0 Å². The lowest BCUT2D eigenvalue weighted by molar-refractivity contribution is 0.193. The summed E-state index contributed by atoms with van der Waals surface area (Å²) in [6.07, 6.45) is 1.62. The zero-order valence-electron chi connectivity index (χ0n) is 16.6. The number of halogens is 1. The van der Waals surface area contributed by atoms with Crippen LogP contribution in [-0.4, -0.2) is 41.8 Å². The first-order valence-corrected chi connectivity index (χ1v) is 10.3. The number of anilines is 1. The van der Waals surface area contributed by atoms with Crippen LogP contribution < -0.4 is 14.8 Å². The van der Waals surface area contributed by atoms with Crippen LogP contribution in [0, 0.1) is 0 Å². The topological polar surface area (TPSA) is 89.7 Å². The number of hydrogen-bond acceptors (Lipinski definition) is 6. The van der Waals surface area contributed by atoms with Crippen LogP contribution in [0.4, 0.5) is 10.5 Å². The van der Waals surface area contributed by atoms with E-state index in [1.165, 1.54) is 0 Å². The molecule has 1 unspecified atom stereocenters. The number of carbonyl (C=O) groups is 1. The predicted octanol–water partition coefficient (Wildman–Crippen LogP) is 4.89. The minimum Gasteiger partial charge on any atom is -0.497 e. The standard InChI is InChI=1S/C21H21BrN4O4/c1-28-16-10-15(11-17(12-16)29-2)23-21(27)26-9-3-4-18(26)20-24-19(25-30-20)13-5-7-14(22)8-6-13/h5-8,10-12,18H,3-4,9H2,1-2H3,(H,23,27). The number of likely N-dealkylation sites (tertiary alicyclic amines) is 1. The first-order valence-electron chi connectivity index (χ1n) is 9.47. The SMILES string of the molecule is COc1cc(NC(=O)N2CCCC2c2nc(-c3ccc(Br)cc3)no2)cc(OC)c1. The fourth-order valence-corrected chi connectivity index (χ4v) is 3.69. The zero-order valence-corrected chi connectivity index (χ0v) is 18.2. The minimum absolute atomic E-state index is 0.240. The van der Waals surface area contributed by atoms with Crippen LogP contribution in [0.25, 0.3) is 11.4 Å². The Bertz CT molecular complexity index is 1020. The number of benzene rings is 2. The summed E-state index contributed by atoms with van der Waals surface area (Å²) < 4.78 is 17.0. The third-order valence-corrected chi connectivity index (χ3v) is 5.47. The number of ether oxygens (including phenoxy) is 2. The third-order valence-electron chi connectivity index (χ3n) is 4.95. The summed E-state index contributed by atoms with van der Waals surface area (Å²) >= 11 is 3.41. The fraction of sp³-hybridized carbons (Fsp3) is 0.286. The lowest BCUT2D eigenvalue weighted by Gasteiger charge is -2.22. The van der Waals surface area contributed by atoms with Crippen molar-refractivity contribution >= 4 is 27.6 Å². The Balaban J connectivity index is 1.51. The summed E-state index contributed by atoms with van der Waals surface area (Å²) in [5.41, 5.74) is 1.44. The zero-order chi connectivity index (χ0) is 21.1. The van der Waals surface area contributed by atoms with Crippen molar-refractivity contribution in [3.8, 4) is 22.9 Å². The van der Waals surface area contributed by atoms with E-state index in [4.69, 9.17) is 14.0 Å². The second-order valence-electron chi connectivity index (χ2n) is 6.85. The summed E-state index contributed by atoms with van der Waals surface area (Å²) in [7, 11) is 3.13. The van der Waals surface area contributed by atoms with Gasteiger partial charge in [0.15, 0.2) is 0 Å². The molecule has 2 amide bonds. The number of nitrogens with one attached hydrogen (secondary N) is 1. The van der Waals surface area contributed by atoms with Gasteiger partial charge in [-0.25, -0.2) is 4.79 Å². The summed E-state index contributed by atoms with van der Waals surface area (Å²) in [5.74, 6) is 2.13. The van der Waals surface area contributed by atoms with E-state index < -0.39 is 0 Å². The molecular weight excluding hydrogens is 452 g/mol. The number of urea groups is 1. The highest BCUT2D eigenvalue weighted by Gasteiger charge is 2.34. The number of methoxy groups -OCH3 is 2. The Kier molecular flexibility index (Phi) is 5.89. The van der Waals surface area contributed by atoms with E-state index in [0.29, 0.717) is 35.4 Å². The highest BCUT2D eigenvalue weighted by atomic mass is 79.9. The van der Waals surface area contributed by atoms with Gasteiger partial charge in [0.05, 0.1) is 14.2 Å². The van der Waals surface area contributed by atoms with Crippen LogP contribution in [-0.2, 0) is 0 Å². The average molecular weight is 473 g/mol. The second kappa shape index (κ2) is 8.74. The van der Waals surface area contributed by atoms with Crippen LogP contribution in [0.3, 0.4) is 0 Å². The molecule has 0 saturated carbocycles. The van der Waals surface area contributed by atoms with Crippen molar-refractivity contribution in [2.75, 3.05) is 26.1 Å². The van der Waals surface area contributed by atoms with Crippen LogP contribution in [0.2, 0.25) is 0 Å². The van der Waals surface area contributed by atoms with E-state index in [2.05, 4.69) is 31.4 Å². The van der Waals surface area contributed by atoms with Gasteiger partial charge in [-0.1, -0.05) is 21.1 Å². The molecule has 1 aliphatic heterocycles. The molecule has 1 aliphatic rings. The number of hydrogen-bond donors (Lipinski definition) is 1. The van der Waals surface area contributed by atoms with Gasteiger partial charge in [0, 0.05) is 40.5 Å². The van der Waals surface area contributed by atoms with Crippen molar-refractivity contribution in [2.24, 2.45) is 0 Å². The highest BCUT2D eigenvalue weighted by molar-refractivity contribution is 9.10. The molecule has 0 aliphatic carbocycles. The Morgan fingerprint density at radius 1 is 1.17 bits per heavy atom. The quantitative estimate of drug-likeness (QED) is 0.568. The minimum atomic E-state index is -0.269. The molecule has 0 bridgehead atoms. The number of rotatable bonds is 5. The maximum atomic E-state index is 13.0. The Morgan fingerprint density at radius 2 is 1.87 bits per heavy atom. The Hall–Kier alpha value is -3.07. The summed E-state index contributed by atoms with van der Waals surface area (Å²) in [5, 5.41) is 7.00. The van der Waals surface area contributed by atoms with Gasteiger partial charge in [0.25, 0.3) is 0 Å². The third kappa shape index (κ3) is 4.25. The summed E-state index contributed by atoms with van der Waals surface area (Å²) in [6.45, 7) is 0.605. The molecule has 8 nitrogen and oxygen atoms in total. The summed E-state index contributed by atoms with van der Waals surface area (Å²) in [4.78, 5) is 19.2. The summed E-state index contributed by atoms with van der Waals surface area (Å²) in [6, 6.07) is 12.4. The van der Waals surface area contributed by atoms with E-state index in [1.54, 1.807) is 37.3 Å². The van der Waals surface area contributed by atoms with Crippen molar-refractivity contribution in [2.45, 2.75) is 18.9 Å². The normalized spacial score (nSPS) is 15.8. The maximum Gasteiger partial charge on any atom is 0.322 e. The Labute approximate surface area is 182 Å². The molecule has 0 radical (unpaired) electrons. The van der Waals surface area contributed by atoms with Gasteiger partial charge in [0.2, 0.25) is 11.7 Å². The van der Waals surface area contributed by atoms with Crippen molar-refractivity contribution < 1.29 is 18.8 Å². The molecule has 2 heterocycles. The fourth-order valence-electron chi connectivity index (χ4n) is 3.43. The molecule has 1 fully saturated rings. The molecule has 0 spiro atoms. The van der Waals surface area contributed by atoms with E-state index in [9.17, 15) is 4.79 Å². The molecule has 4 rings (SSSR count). The van der Waals surface area contributed by atoms with Crippen LogP contribution in [0.15, 0.2) is 51.5 Å². The molecule has 3 aromatic rings. The molecule has 1 N–H and O–H groups in total. The lowest BCUT2D eigenvalue weighted by Crippen LogP contribution is -2.34. The first-order chi connectivity index (χ1) is 14.6. The molecule has 1 atom stereocenters. The van der Waals surface area contributed by atoms with Gasteiger partial charge in [-0.3, -0.25) is 0 Å². The largest absolute Gasteiger partial charge is 0.497 e. The maximum absolute atomic E-state index is 13.0. The van der Waals surface area contributed by atoms with Crippen LogP contribution >= 0.6 is 15.9 Å². The first kappa shape index (κ1) is 20.2. The molecule has 1 aromatic heterocycles. The van der Waals surface area contributed by atoms with Gasteiger partial charge in [-0.05, 0) is 37.1 Å². The monoisotopic (exact) mass is 472 g/mol. The predicted molar refractivity (Wildman–Crippen MR) is 115 cm³/mol. The number of amides is 2. The molecule has 9 heteroatoms. The molecule has 156 valence electrons.